The third kappa shape index (κ3) is 6.85. The van der Waals surface area contributed by atoms with Gasteiger partial charge in [-0.05, 0) is 48.0 Å². The Kier molecular flexibility index (Phi) is 8.51. The van der Waals surface area contributed by atoms with Gasteiger partial charge < -0.3 is 4.90 Å². The van der Waals surface area contributed by atoms with Gasteiger partial charge >= 0.3 is 0 Å². The highest BCUT2D eigenvalue weighted by Gasteiger charge is 1.99. The molecule has 0 amide bonds. The zero-order valence-corrected chi connectivity index (χ0v) is 17.4. The number of hydrogen-bond donors (Lipinski definition) is 0. The molecule has 148 valence electrons. The minimum atomic E-state index is -0.0134. The summed E-state index contributed by atoms with van der Waals surface area (Å²) < 4.78 is 0. The van der Waals surface area contributed by atoms with Crippen molar-refractivity contribution < 1.29 is 4.79 Å². The molecule has 0 aliphatic heterocycles. The quantitative estimate of drug-likeness (QED) is 0.258. The van der Waals surface area contributed by atoms with Crippen molar-refractivity contribution in [3.05, 3.63) is 96.1 Å². The second-order valence-electron chi connectivity index (χ2n) is 6.27. The first-order chi connectivity index (χ1) is 14.1. The number of allylic oxidation sites excluding steroid dienone is 1. The van der Waals surface area contributed by atoms with Gasteiger partial charge in [0.1, 0.15) is 0 Å². The van der Waals surface area contributed by atoms with Crippen LogP contribution in [0.4, 0.5) is 17.1 Å². The molecule has 0 atom stereocenters. The lowest BCUT2D eigenvalue weighted by atomic mass is 10.1. The van der Waals surface area contributed by atoms with E-state index < -0.39 is 0 Å². The van der Waals surface area contributed by atoms with Gasteiger partial charge in [0.25, 0.3) is 0 Å². The fourth-order valence-corrected chi connectivity index (χ4v) is 2.46. The molecule has 3 aromatic rings. The maximum atomic E-state index is 12.1. The van der Waals surface area contributed by atoms with E-state index in [1.165, 1.54) is 0 Å². The molecule has 0 bridgehead atoms. The van der Waals surface area contributed by atoms with E-state index in [4.69, 9.17) is 0 Å². The van der Waals surface area contributed by atoms with Gasteiger partial charge in [0.2, 0.25) is 0 Å². The number of carbonyl (C=O) groups excluding carboxylic acids is 1. The van der Waals surface area contributed by atoms with Crippen molar-refractivity contribution in [1.82, 2.24) is 0 Å². The average Bonchev–Trinajstić information content (AvgIpc) is 2.79. The number of rotatable bonds is 6. The van der Waals surface area contributed by atoms with Gasteiger partial charge in [0.05, 0.1) is 11.4 Å². The number of nitrogens with zero attached hydrogens (tertiary/aromatic N) is 3. The number of hydrogen-bond acceptors (Lipinski definition) is 4. The third-order valence-electron chi connectivity index (χ3n) is 4.03. The van der Waals surface area contributed by atoms with Crippen LogP contribution in [-0.2, 0) is 0 Å². The Labute approximate surface area is 173 Å². The Morgan fingerprint density at radius 1 is 0.759 bits per heavy atom. The molecule has 0 fully saturated rings. The van der Waals surface area contributed by atoms with Gasteiger partial charge in [-0.15, -0.1) is 0 Å². The average molecular weight is 386 g/mol. The Morgan fingerprint density at radius 2 is 1.28 bits per heavy atom. The summed E-state index contributed by atoms with van der Waals surface area (Å²) >= 11 is 0. The minimum absolute atomic E-state index is 0.0134. The molecule has 3 aromatic carbocycles. The van der Waals surface area contributed by atoms with Crippen LogP contribution in [0.1, 0.15) is 29.8 Å². The first-order valence-electron chi connectivity index (χ1n) is 9.68. The first kappa shape index (κ1) is 21.8. The van der Waals surface area contributed by atoms with E-state index in [1.54, 1.807) is 24.3 Å². The van der Waals surface area contributed by atoms with Gasteiger partial charge in [0.15, 0.2) is 5.78 Å². The van der Waals surface area contributed by atoms with E-state index >= 15 is 0 Å². The second kappa shape index (κ2) is 11.3. The lowest BCUT2D eigenvalue weighted by Crippen LogP contribution is -2.07. The molecule has 0 unspecified atom stereocenters. The molecule has 4 nitrogen and oxygen atoms in total. The molecule has 0 heterocycles. The summed E-state index contributed by atoms with van der Waals surface area (Å²) in [5.74, 6) is -0.0134. The molecular weight excluding hydrogens is 358 g/mol. The van der Waals surface area contributed by atoms with Crippen LogP contribution in [-0.4, -0.2) is 19.9 Å². The predicted molar refractivity (Wildman–Crippen MR) is 123 cm³/mol. The summed E-state index contributed by atoms with van der Waals surface area (Å²) in [4.78, 5) is 14.1. The fraction of sp³-hybridized carbons (Fsp3) is 0.160. The van der Waals surface area contributed by atoms with Crippen LogP contribution in [0.2, 0.25) is 0 Å². The first-order valence-corrected chi connectivity index (χ1v) is 9.68. The van der Waals surface area contributed by atoms with Gasteiger partial charge in [-0.2, -0.15) is 10.2 Å². The van der Waals surface area contributed by atoms with Crippen molar-refractivity contribution in [2.75, 3.05) is 19.0 Å². The number of ketones is 1. The van der Waals surface area contributed by atoms with Crippen molar-refractivity contribution >= 4 is 28.9 Å². The lowest BCUT2D eigenvalue weighted by Gasteiger charge is -2.11. The minimum Gasteiger partial charge on any atom is -0.378 e. The number of carbonyl (C=O) groups is 1. The zero-order chi connectivity index (χ0) is 21.1. The van der Waals surface area contributed by atoms with Crippen molar-refractivity contribution in [2.24, 2.45) is 10.2 Å². The van der Waals surface area contributed by atoms with Crippen LogP contribution < -0.4 is 4.90 Å². The molecule has 0 N–H and O–H groups in total. The van der Waals surface area contributed by atoms with Gasteiger partial charge in [-0.25, -0.2) is 0 Å². The van der Waals surface area contributed by atoms with Crippen LogP contribution in [0.25, 0.3) is 6.08 Å². The SMILES string of the molecule is CC.CN(C)c1ccc(N=Nc2ccc(/C=C/C(=O)c3ccccc3)cc2)cc1. The summed E-state index contributed by atoms with van der Waals surface area (Å²) in [5, 5.41) is 8.51. The molecule has 4 heteroatoms. The van der Waals surface area contributed by atoms with Gasteiger partial charge in [-0.1, -0.05) is 62.4 Å². The molecule has 0 radical (unpaired) electrons. The van der Waals surface area contributed by atoms with Crippen LogP contribution >= 0.6 is 0 Å². The molecule has 29 heavy (non-hydrogen) atoms. The Bertz CT molecular complexity index is 942. The van der Waals surface area contributed by atoms with Crippen molar-refractivity contribution in [1.29, 1.82) is 0 Å². The molecule has 0 spiro atoms. The number of anilines is 1. The van der Waals surface area contributed by atoms with Crippen molar-refractivity contribution in [3.8, 4) is 0 Å². The smallest absolute Gasteiger partial charge is 0.185 e. The topological polar surface area (TPSA) is 45.0 Å². The molecule has 3 rings (SSSR count). The molecule has 0 aliphatic carbocycles. The van der Waals surface area contributed by atoms with Gasteiger partial charge in [-0.3, -0.25) is 4.79 Å². The highest BCUT2D eigenvalue weighted by molar-refractivity contribution is 6.06. The van der Waals surface area contributed by atoms with E-state index in [0.717, 1.165) is 22.6 Å². The largest absolute Gasteiger partial charge is 0.378 e. The summed E-state index contributed by atoms with van der Waals surface area (Å²) in [6.45, 7) is 4.00. The highest BCUT2D eigenvalue weighted by atomic mass is 16.1. The summed E-state index contributed by atoms with van der Waals surface area (Å²) in [5.41, 5.74) is 4.31. The van der Waals surface area contributed by atoms with Gasteiger partial charge in [0, 0.05) is 25.3 Å². The van der Waals surface area contributed by atoms with Crippen LogP contribution in [0, 0.1) is 0 Å². The summed E-state index contributed by atoms with van der Waals surface area (Å²) in [7, 11) is 4.00. The molecule has 0 saturated heterocycles. The highest BCUT2D eigenvalue weighted by Crippen LogP contribution is 2.21. The Balaban J connectivity index is 0.00000145. The zero-order valence-electron chi connectivity index (χ0n) is 17.4. The standard InChI is InChI=1S/C23H21N3O.C2H6/c1-26(2)22-15-13-21(14-16-22)25-24-20-11-8-18(9-12-20)10-17-23(27)19-6-4-3-5-7-19;1-2/h3-17H,1-2H3;1-2H3/b17-10+,25-24?;. The fourth-order valence-electron chi connectivity index (χ4n) is 2.46. The van der Waals surface area contributed by atoms with Crippen LogP contribution in [0.5, 0.6) is 0 Å². The molecule has 0 aromatic heterocycles. The van der Waals surface area contributed by atoms with E-state index in [0.29, 0.717) is 5.56 Å². The maximum Gasteiger partial charge on any atom is 0.185 e. The second-order valence-corrected chi connectivity index (χ2v) is 6.27. The van der Waals surface area contributed by atoms with E-state index in [2.05, 4.69) is 10.2 Å². The van der Waals surface area contributed by atoms with E-state index in [-0.39, 0.29) is 5.78 Å². The number of azo groups is 1. The lowest BCUT2D eigenvalue weighted by molar-refractivity contribution is 0.104. The normalized spacial score (nSPS) is 10.6. The number of benzene rings is 3. The van der Waals surface area contributed by atoms with E-state index in [1.807, 2.05) is 99.6 Å². The third-order valence-corrected chi connectivity index (χ3v) is 4.03. The van der Waals surface area contributed by atoms with Crippen LogP contribution in [0.15, 0.2) is 95.2 Å². The van der Waals surface area contributed by atoms with Crippen LogP contribution in [0.3, 0.4) is 0 Å². The van der Waals surface area contributed by atoms with Crippen molar-refractivity contribution in [3.63, 3.8) is 0 Å². The Morgan fingerprint density at radius 3 is 1.79 bits per heavy atom. The molecular formula is C25H27N3O. The monoisotopic (exact) mass is 385 g/mol. The molecule has 0 aliphatic rings. The predicted octanol–water partition coefficient (Wildman–Crippen LogP) is 7.09. The van der Waals surface area contributed by atoms with Crippen molar-refractivity contribution in [2.45, 2.75) is 13.8 Å². The Hall–Kier alpha value is -3.53. The summed E-state index contributed by atoms with van der Waals surface area (Å²) in [6, 6.07) is 24.7. The van der Waals surface area contributed by atoms with E-state index in [9.17, 15) is 4.79 Å². The maximum absolute atomic E-state index is 12.1. The molecule has 0 saturated carbocycles. The summed E-state index contributed by atoms with van der Waals surface area (Å²) in [6.07, 6.45) is 3.38.